The van der Waals surface area contributed by atoms with Gasteiger partial charge in [-0.2, -0.15) is 0 Å². The molecule has 0 aliphatic rings. The van der Waals surface area contributed by atoms with Crippen LogP contribution in [0, 0.1) is 5.82 Å². The van der Waals surface area contributed by atoms with E-state index in [9.17, 15) is 9.18 Å². The van der Waals surface area contributed by atoms with Gasteiger partial charge in [-0.15, -0.1) is 0 Å². The molecule has 0 saturated heterocycles. The summed E-state index contributed by atoms with van der Waals surface area (Å²) in [5.41, 5.74) is 3.56. The number of fused-ring (bicyclic) bond motifs is 1. The molecular weight excluding hydrogens is 373 g/mol. The SMILES string of the molecule is O=c1[nH]ccc2[nH]c(-c3ccnc(-c4cccc(F)c4)c3)c(Br)c12. The molecule has 3 heterocycles. The summed E-state index contributed by atoms with van der Waals surface area (Å²) in [7, 11) is 0. The van der Waals surface area contributed by atoms with Gasteiger partial charge in [-0.1, -0.05) is 12.1 Å². The van der Waals surface area contributed by atoms with E-state index in [1.165, 1.54) is 12.1 Å². The van der Waals surface area contributed by atoms with Crippen LogP contribution in [0.3, 0.4) is 0 Å². The summed E-state index contributed by atoms with van der Waals surface area (Å²) in [5, 5.41) is 0.566. The standard InChI is InChI=1S/C18H11BrFN3O/c19-16-15-13(5-7-22-18(15)24)23-17(16)11-4-6-21-14(9-11)10-2-1-3-12(20)8-10/h1-9,23H,(H,22,24). The van der Waals surface area contributed by atoms with Crippen LogP contribution >= 0.6 is 15.9 Å². The first-order chi connectivity index (χ1) is 11.6. The average Bonchev–Trinajstić information content (AvgIpc) is 2.93. The van der Waals surface area contributed by atoms with Crippen molar-refractivity contribution < 1.29 is 4.39 Å². The van der Waals surface area contributed by atoms with E-state index >= 15 is 0 Å². The van der Waals surface area contributed by atoms with E-state index in [2.05, 4.69) is 30.9 Å². The maximum Gasteiger partial charge on any atom is 0.258 e. The van der Waals surface area contributed by atoms with Gasteiger partial charge in [-0.05, 0) is 46.3 Å². The van der Waals surface area contributed by atoms with Crippen molar-refractivity contribution >= 4 is 26.8 Å². The highest BCUT2D eigenvalue weighted by molar-refractivity contribution is 9.10. The third kappa shape index (κ3) is 2.45. The summed E-state index contributed by atoms with van der Waals surface area (Å²) in [6.07, 6.45) is 3.26. The number of aromatic amines is 2. The van der Waals surface area contributed by atoms with Crippen molar-refractivity contribution in [2.75, 3.05) is 0 Å². The Hall–Kier alpha value is -2.73. The molecule has 4 nitrogen and oxygen atoms in total. The lowest BCUT2D eigenvalue weighted by atomic mass is 10.1. The van der Waals surface area contributed by atoms with E-state index in [4.69, 9.17) is 0 Å². The summed E-state index contributed by atoms with van der Waals surface area (Å²) in [4.78, 5) is 22.2. The minimum absolute atomic E-state index is 0.165. The number of H-pyrrole nitrogens is 2. The van der Waals surface area contributed by atoms with Crippen LogP contribution in [0.1, 0.15) is 0 Å². The fraction of sp³-hybridized carbons (Fsp3) is 0. The van der Waals surface area contributed by atoms with E-state index in [1.807, 2.05) is 12.1 Å². The van der Waals surface area contributed by atoms with Gasteiger partial charge in [0, 0.05) is 23.5 Å². The Bertz CT molecular complexity index is 1120. The molecule has 118 valence electrons. The summed E-state index contributed by atoms with van der Waals surface area (Å²) >= 11 is 3.50. The maximum absolute atomic E-state index is 13.4. The second-order valence-electron chi connectivity index (χ2n) is 5.35. The second-order valence-corrected chi connectivity index (χ2v) is 6.14. The Morgan fingerprint density at radius 3 is 2.75 bits per heavy atom. The lowest BCUT2D eigenvalue weighted by molar-refractivity contribution is 0.628. The van der Waals surface area contributed by atoms with E-state index in [0.717, 1.165) is 16.8 Å². The van der Waals surface area contributed by atoms with Gasteiger partial charge in [-0.3, -0.25) is 9.78 Å². The number of hydrogen-bond acceptors (Lipinski definition) is 2. The van der Waals surface area contributed by atoms with E-state index in [-0.39, 0.29) is 11.4 Å². The van der Waals surface area contributed by atoms with Crippen molar-refractivity contribution in [3.05, 3.63) is 75.5 Å². The predicted octanol–water partition coefficient (Wildman–Crippen LogP) is 4.49. The van der Waals surface area contributed by atoms with Gasteiger partial charge in [0.15, 0.2) is 0 Å². The van der Waals surface area contributed by atoms with E-state index in [1.54, 1.807) is 30.6 Å². The molecule has 0 spiro atoms. The summed E-state index contributed by atoms with van der Waals surface area (Å²) in [6, 6.07) is 11.8. The van der Waals surface area contributed by atoms with E-state index in [0.29, 0.717) is 21.1 Å². The molecule has 0 unspecified atom stereocenters. The van der Waals surface area contributed by atoms with Gasteiger partial charge in [0.05, 0.1) is 26.8 Å². The lowest BCUT2D eigenvalue weighted by Crippen LogP contribution is -2.03. The molecule has 0 saturated carbocycles. The first kappa shape index (κ1) is 14.8. The normalized spacial score (nSPS) is 11.1. The van der Waals surface area contributed by atoms with Crippen LogP contribution in [-0.2, 0) is 0 Å². The fourth-order valence-corrected chi connectivity index (χ4v) is 3.43. The van der Waals surface area contributed by atoms with Crippen LogP contribution in [0.4, 0.5) is 4.39 Å². The summed E-state index contributed by atoms with van der Waals surface area (Å²) < 4.78 is 14.1. The van der Waals surface area contributed by atoms with Crippen molar-refractivity contribution in [3.63, 3.8) is 0 Å². The molecular formula is C18H11BrFN3O. The largest absolute Gasteiger partial charge is 0.353 e. The highest BCUT2D eigenvalue weighted by atomic mass is 79.9. The summed E-state index contributed by atoms with van der Waals surface area (Å²) in [5.74, 6) is -0.307. The van der Waals surface area contributed by atoms with Gasteiger partial charge in [-0.25, -0.2) is 4.39 Å². The zero-order valence-corrected chi connectivity index (χ0v) is 13.9. The maximum atomic E-state index is 13.4. The Morgan fingerprint density at radius 2 is 1.96 bits per heavy atom. The van der Waals surface area contributed by atoms with Crippen molar-refractivity contribution in [2.45, 2.75) is 0 Å². The Balaban J connectivity index is 1.89. The molecule has 2 N–H and O–H groups in total. The number of rotatable bonds is 2. The van der Waals surface area contributed by atoms with Crippen LogP contribution in [0.5, 0.6) is 0 Å². The highest BCUT2D eigenvalue weighted by Crippen LogP contribution is 2.34. The minimum Gasteiger partial charge on any atom is -0.353 e. The minimum atomic E-state index is -0.307. The van der Waals surface area contributed by atoms with Crippen LogP contribution in [0.2, 0.25) is 0 Å². The van der Waals surface area contributed by atoms with Crippen LogP contribution < -0.4 is 5.56 Å². The highest BCUT2D eigenvalue weighted by Gasteiger charge is 2.14. The topological polar surface area (TPSA) is 61.5 Å². The molecule has 0 amide bonds. The zero-order chi connectivity index (χ0) is 16.7. The number of pyridine rings is 2. The van der Waals surface area contributed by atoms with Crippen molar-refractivity contribution in [3.8, 4) is 22.5 Å². The van der Waals surface area contributed by atoms with Crippen molar-refractivity contribution in [1.29, 1.82) is 0 Å². The molecule has 0 bridgehead atoms. The van der Waals surface area contributed by atoms with Crippen molar-refractivity contribution in [1.82, 2.24) is 15.0 Å². The van der Waals surface area contributed by atoms with Gasteiger partial charge in [0.1, 0.15) is 5.82 Å². The lowest BCUT2D eigenvalue weighted by Gasteiger charge is -2.04. The predicted molar refractivity (Wildman–Crippen MR) is 95.2 cm³/mol. The van der Waals surface area contributed by atoms with Crippen molar-refractivity contribution in [2.24, 2.45) is 0 Å². The van der Waals surface area contributed by atoms with E-state index < -0.39 is 0 Å². The molecule has 1 aromatic carbocycles. The first-order valence-corrected chi connectivity index (χ1v) is 8.04. The third-order valence-electron chi connectivity index (χ3n) is 3.83. The molecule has 3 aromatic heterocycles. The second kappa shape index (κ2) is 5.72. The number of hydrogen-bond donors (Lipinski definition) is 2. The van der Waals surface area contributed by atoms with Gasteiger partial charge < -0.3 is 9.97 Å². The number of benzene rings is 1. The average molecular weight is 384 g/mol. The fourth-order valence-electron chi connectivity index (χ4n) is 2.71. The number of nitrogens with one attached hydrogen (secondary N) is 2. The monoisotopic (exact) mass is 383 g/mol. The molecule has 0 aliphatic carbocycles. The molecule has 4 rings (SSSR count). The summed E-state index contributed by atoms with van der Waals surface area (Å²) in [6.45, 7) is 0. The molecule has 0 atom stereocenters. The number of aromatic nitrogens is 3. The van der Waals surface area contributed by atoms with Gasteiger partial charge >= 0.3 is 0 Å². The molecule has 24 heavy (non-hydrogen) atoms. The smallest absolute Gasteiger partial charge is 0.258 e. The van der Waals surface area contributed by atoms with Gasteiger partial charge in [0.25, 0.3) is 5.56 Å². The zero-order valence-electron chi connectivity index (χ0n) is 12.3. The van der Waals surface area contributed by atoms with Crippen LogP contribution in [0.25, 0.3) is 33.4 Å². The quantitative estimate of drug-likeness (QED) is 0.535. The molecule has 4 aromatic rings. The Morgan fingerprint density at radius 1 is 1.08 bits per heavy atom. The Kier molecular flexibility index (Phi) is 3.54. The molecule has 6 heteroatoms. The number of halogens is 2. The number of nitrogens with zero attached hydrogens (tertiary/aromatic N) is 1. The molecule has 0 aliphatic heterocycles. The third-order valence-corrected chi connectivity index (χ3v) is 4.62. The first-order valence-electron chi connectivity index (χ1n) is 7.25. The Labute approximate surface area is 144 Å². The molecule has 0 radical (unpaired) electrons. The van der Waals surface area contributed by atoms with Gasteiger partial charge in [0.2, 0.25) is 0 Å². The van der Waals surface area contributed by atoms with Crippen LogP contribution in [-0.4, -0.2) is 15.0 Å². The van der Waals surface area contributed by atoms with Crippen LogP contribution in [0.15, 0.2) is 64.1 Å². The molecule has 0 fully saturated rings.